The van der Waals surface area contributed by atoms with Crippen LogP contribution in [0.25, 0.3) is 0 Å². The Kier molecular flexibility index (Phi) is 6.44. The molecule has 1 fully saturated rings. The van der Waals surface area contributed by atoms with Crippen LogP contribution in [0.2, 0.25) is 0 Å². The fraction of sp³-hybridized carbons (Fsp3) is 0.556. The van der Waals surface area contributed by atoms with E-state index in [1.807, 2.05) is 30.0 Å². The molecule has 0 unspecified atom stereocenters. The Bertz CT molecular complexity index is 545. The van der Waals surface area contributed by atoms with Gasteiger partial charge in [-0.1, -0.05) is 13.0 Å². The van der Waals surface area contributed by atoms with Crippen LogP contribution < -0.4 is 10.1 Å². The fourth-order valence-corrected chi connectivity index (χ4v) is 2.93. The number of hydrogen-bond donors (Lipinski definition) is 1. The lowest BCUT2D eigenvalue weighted by Crippen LogP contribution is -2.43. The summed E-state index contributed by atoms with van der Waals surface area (Å²) in [7, 11) is 1.60. The first-order chi connectivity index (χ1) is 11.1. The van der Waals surface area contributed by atoms with Gasteiger partial charge in [0.25, 0.3) is 5.91 Å². The second-order valence-corrected chi connectivity index (χ2v) is 6.05. The summed E-state index contributed by atoms with van der Waals surface area (Å²) in [5.41, 5.74) is 0.653. The molecule has 1 aromatic rings. The van der Waals surface area contributed by atoms with Gasteiger partial charge in [-0.3, -0.25) is 9.59 Å². The van der Waals surface area contributed by atoms with Gasteiger partial charge in [0.1, 0.15) is 5.75 Å². The Morgan fingerprint density at radius 1 is 1.39 bits per heavy atom. The van der Waals surface area contributed by atoms with Gasteiger partial charge in [-0.15, -0.1) is 0 Å². The highest BCUT2D eigenvalue weighted by atomic mass is 16.5. The maximum absolute atomic E-state index is 12.6. The largest absolute Gasteiger partial charge is 0.497 e. The number of nitrogens with zero attached hydrogens (tertiary/aromatic N) is 1. The molecule has 126 valence electrons. The maximum Gasteiger partial charge on any atom is 0.253 e. The number of likely N-dealkylation sites (tertiary alicyclic amines) is 1. The van der Waals surface area contributed by atoms with Crippen molar-refractivity contribution < 1.29 is 14.3 Å². The maximum atomic E-state index is 12.6. The van der Waals surface area contributed by atoms with Gasteiger partial charge >= 0.3 is 0 Å². The smallest absolute Gasteiger partial charge is 0.253 e. The van der Waals surface area contributed by atoms with Gasteiger partial charge in [-0.25, -0.2) is 0 Å². The minimum atomic E-state index is 0.0356. The zero-order chi connectivity index (χ0) is 16.7. The van der Waals surface area contributed by atoms with Crippen LogP contribution in [0.1, 0.15) is 43.0 Å². The Morgan fingerprint density at radius 3 is 2.96 bits per heavy atom. The number of amides is 2. The van der Waals surface area contributed by atoms with Crippen molar-refractivity contribution in [1.82, 2.24) is 10.2 Å². The normalized spacial score (nSPS) is 17.7. The first kappa shape index (κ1) is 17.3. The van der Waals surface area contributed by atoms with Crippen LogP contribution >= 0.6 is 0 Å². The third kappa shape index (κ3) is 4.98. The molecule has 5 nitrogen and oxygen atoms in total. The second-order valence-electron chi connectivity index (χ2n) is 6.05. The summed E-state index contributed by atoms with van der Waals surface area (Å²) >= 11 is 0. The molecule has 0 spiro atoms. The van der Waals surface area contributed by atoms with Crippen molar-refractivity contribution in [3.63, 3.8) is 0 Å². The van der Waals surface area contributed by atoms with E-state index in [-0.39, 0.29) is 11.8 Å². The average Bonchev–Trinajstić information content (AvgIpc) is 2.60. The Morgan fingerprint density at radius 2 is 2.22 bits per heavy atom. The average molecular weight is 318 g/mol. The highest BCUT2D eigenvalue weighted by Gasteiger charge is 2.24. The van der Waals surface area contributed by atoms with Crippen LogP contribution in [0.5, 0.6) is 5.75 Å². The number of carbonyl (C=O) groups excluding carboxylic acids is 2. The molecule has 1 N–H and O–H groups in total. The topological polar surface area (TPSA) is 58.6 Å². The molecule has 0 bridgehead atoms. The van der Waals surface area contributed by atoms with Crippen molar-refractivity contribution in [2.45, 2.75) is 32.6 Å². The highest BCUT2D eigenvalue weighted by Crippen LogP contribution is 2.20. The molecule has 1 aliphatic rings. The standard InChI is InChI=1S/C18H26N2O3/c1-3-6-17(21)19-12-14-7-5-10-20(13-14)18(22)15-8-4-9-16(11-15)23-2/h4,8-9,11,14H,3,5-7,10,12-13H2,1-2H3,(H,19,21)/t14-/m1/s1. The van der Waals surface area contributed by atoms with E-state index < -0.39 is 0 Å². The summed E-state index contributed by atoms with van der Waals surface area (Å²) < 4.78 is 5.18. The van der Waals surface area contributed by atoms with E-state index in [4.69, 9.17) is 4.74 Å². The quantitative estimate of drug-likeness (QED) is 0.876. The molecule has 5 heteroatoms. The van der Waals surface area contributed by atoms with E-state index in [0.29, 0.717) is 36.7 Å². The Hall–Kier alpha value is -2.04. The summed E-state index contributed by atoms with van der Waals surface area (Å²) in [6, 6.07) is 7.25. The van der Waals surface area contributed by atoms with E-state index >= 15 is 0 Å². The van der Waals surface area contributed by atoms with Gasteiger partial charge in [-0.2, -0.15) is 0 Å². The van der Waals surface area contributed by atoms with Gasteiger partial charge in [0.05, 0.1) is 7.11 Å². The van der Waals surface area contributed by atoms with Crippen LogP contribution in [0.3, 0.4) is 0 Å². The van der Waals surface area contributed by atoms with E-state index in [1.54, 1.807) is 13.2 Å². The molecule has 1 heterocycles. The summed E-state index contributed by atoms with van der Waals surface area (Å²) in [5, 5.41) is 2.97. The lowest BCUT2D eigenvalue weighted by atomic mass is 9.97. The number of rotatable bonds is 6. The zero-order valence-corrected chi connectivity index (χ0v) is 14.0. The minimum absolute atomic E-state index is 0.0356. The molecule has 1 atom stereocenters. The molecule has 1 aromatic carbocycles. The third-order valence-electron chi connectivity index (χ3n) is 4.19. The molecule has 1 saturated heterocycles. The van der Waals surface area contributed by atoms with Crippen molar-refractivity contribution in [1.29, 1.82) is 0 Å². The molecular weight excluding hydrogens is 292 g/mol. The molecule has 0 aromatic heterocycles. The molecule has 1 aliphatic heterocycles. The fourth-order valence-electron chi connectivity index (χ4n) is 2.93. The SMILES string of the molecule is CCCC(=O)NC[C@H]1CCCN(C(=O)c2cccc(OC)c2)C1. The van der Waals surface area contributed by atoms with Crippen molar-refractivity contribution >= 4 is 11.8 Å². The molecule has 23 heavy (non-hydrogen) atoms. The van der Waals surface area contributed by atoms with Gasteiger partial charge in [0, 0.05) is 31.6 Å². The number of piperidine rings is 1. The van der Waals surface area contributed by atoms with Crippen molar-refractivity contribution in [2.24, 2.45) is 5.92 Å². The third-order valence-corrected chi connectivity index (χ3v) is 4.19. The van der Waals surface area contributed by atoms with E-state index in [2.05, 4.69) is 5.32 Å². The van der Waals surface area contributed by atoms with E-state index in [9.17, 15) is 9.59 Å². The van der Waals surface area contributed by atoms with Gasteiger partial charge in [0.2, 0.25) is 5.91 Å². The van der Waals surface area contributed by atoms with Crippen molar-refractivity contribution in [3.8, 4) is 5.75 Å². The summed E-state index contributed by atoms with van der Waals surface area (Å²) in [6.07, 6.45) is 3.45. The molecule has 2 amide bonds. The number of ether oxygens (including phenoxy) is 1. The van der Waals surface area contributed by atoms with Gasteiger partial charge < -0.3 is 15.0 Å². The minimum Gasteiger partial charge on any atom is -0.497 e. The monoisotopic (exact) mass is 318 g/mol. The van der Waals surface area contributed by atoms with Crippen LogP contribution in [-0.4, -0.2) is 43.5 Å². The number of methoxy groups -OCH3 is 1. The van der Waals surface area contributed by atoms with Crippen molar-refractivity contribution in [2.75, 3.05) is 26.7 Å². The number of benzene rings is 1. The van der Waals surface area contributed by atoms with Gasteiger partial charge in [0.15, 0.2) is 0 Å². The molecule has 0 radical (unpaired) electrons. The lowest BCUT2D eigenvalue weighted by Gasteiger charge is -2.33. The molecular formula is C18H26N2O3. The first-order valence-electron chi connectivity index (χ1n) is 8.34. The zero-order valence-electron chi connectivity index (χ0n) is 14.0. The molecule has 0 aliphatic carbocycles. The number of nitrogens with one attached hydrogen (secondary N) is 1. The van der Waals surface area contributed by atoms with E-state index in [1.165, 1.54) is 0 Å². The first-order valence-corrected chi connectivity index (χ1v) is 8.34. The van der Waals surface area contributed by atoms with Crippen LogP contribution in [0.15, 0.2) is 24.3 Å². The highest BCUT2D eigenvalue weighted by molar-refractivity contribution is 5.94. The predicted octanol–water partition coefficient (Wildman–Crippen LogP) is 2.46. The summed E-state index contributed by atoms with van der Waals surface area (Å²) in [4.78, 5) is 26.1. The second kappa shape index (κ2) is 8.56. The predicted molar refractivity (Wildman–Crippen MR) is 89.5 cm³/mol. The van der Waals surface area contributed by atoms with E-state index in [0.717, 1.165) is 25.8 Å². The molecule has 0 saturated carbocycles. The summed E-state index contributed by atoms with van der Waals surface area (Å²) in [6.45, 7) is 4.12. The Labute approximate surface area is 138 Å². The summed E-state index contributed by atoms with van der Waals surface area (Å²) in [5.74, 6) is 1.16. The number of carbonyl (C=O) groups is 2. The van der Waals surface area contributed by atoms with Crippen LogP contribution in [0.4, 0.5) is 0 Å². The number of hydrogen-bond acceptors (Lipinski definition) is 3. The van der Waals surface area contributed by atoms with Gasteiger partial charge in [-0.05, 0) is 43.4 Å². The molecule has 2 rings (SSSR count). The van der Waals surface area contributed by atoms with Crippen LogP contribution in [0, 0.1) is 5.92 Å². The Balaban J connectivity index is 1.92. The van der Waals surface area contributed by atoms with Crippen molar-refractivity contribution in [3.05, 3.63) is 29.8 Å². The van der Waals surface area contributed by atoms with Crippen LogP contribution in [-0.2, 0) is 4.79 Å². The lowest BCUT2D eigenvalue weighted by molar-refractivity contribution is -0.121.